The third kappa shape index (κ3) is 2.79. The molecule has 20 heavy (non-hydrogen) atoms. The molecule has 1 atom stereocenters. The van der Waals surface area contributed by atoms with Crippen molar-refractivity contribution >= 4 is 12.0 Å². The third-order valence-corrected chi connectivity index (χ3v) is 3.78. The van der Waals surface area contributed by atoms with E-state index < -0.39 is 0 Å². The molecule has 1 amide bonds. The van der Waals surface area contributed by atoms with Crippen molar-refractivity contribution in [3.63, 3.8) is 0 Å². The summed E-state index contributed by atoms with van der Waals surface area (Å²) >= 11 is 0. The molecule has 2 aliphatic rings. The molecule has 1 saturated heterocycles. The number of rotatable bonds is 2. The van der Waals surface area contributed by atoms with Crippen LogP contribution in [0.1, 0.15) is 25.3 Å². The van der Waals surface area contributed by atoms with Crippen molar-refractivity contribution in [1.82, 2.24) is 4.90 Å². The SMILES string of the molecule is C[C@H]1CCCN(C(=O)/C=C/c2ccc3c(c2)OCO3)C1. The van der Waals surface area contributed by atoms with E-state index >= 15 is 0 Å². The fraction of sp³-hybridized carbons (Fsp3) is 0.438. The molecule has 0 aromatic heterocycles. The van der Waals surface area contributed by atoms with Crippen molar-refractivity contribution in [1.29, 1.82) is 0 Å². The Morgan fingerprint density at radius 2 is 2.20 bits per heavy atom. The predicted octanol–water partition coefficient (Wildman–Crippen LogP) is 2.69. The van der Waals surface area contributed by atoms with Gasteiger partial charge in [0.2, 0.25) is 12.7 Å². The van der Waals surface area contributed by atoms with Gasteiger partial charge in [-0.3, -0.25) is 4.79 Å². The van der Waals surface area contributed by atoms with Crippen LogP contribution < -0.4 is 9.47 Å². The van der Waals surface area contributed by atoms with Crippen LogP contribution in [-0.2, 0) is 4.79 Å². The molecule has 3 rings (SSSR count). The first kappa shape index (κ1) is 13.0. The molecule has 2 heterocycles. The quantitative estimate of drug-likeness (QED) is 0.778. The summed E-state index contributed by atoms with van der Waals surface area (Å²) in [6.45, 7) is 4.20. The number of piperidine rings is 1. The molecule has 0 unspecified atom stereocenters. The van der Waals surface area contributed by atoms with E-state index in [4.69, 9.17) is 9.47 Å². The van der Waals surface area contributed by atoms with E-state index in [0.717, 1.165) is 36.6 Å². The van der Waals surface area contributed by atoms with E-state index in [1.54, 1.807) is 6.08 Å². The number of likely N-dealkylation sites (tertiary alicyclic amines) is 1. The molecule has 1 aromatic rings. The Balaban J connectivity index is 1.66. The van der Waals surface area contributed by atoms with Crippen LogP contribution in [-0.4, -0.2) is 30.7 Å². The first-order valence-electron chi connectivity index (χ1n) is 7.09. The molecule has 106 valence electrons. The predicted molar refractivity (Wildman–Crippen MR) is 76.6 cm³/mol. The van der Waals surface area contributed by atoms with Crippen LogP contribution in [0.2, 0.25) is 0 Å². The van der Waals surface area contributed by atoms with Gasteiger partial charge >= 0.3 is 0 Å². The van der Waals surface area contributed by atoms with Gasteiger partial charge in [0.05, 0.1) is 0 Å². The van der Waals surface area contributed by atoms with Gasteiger partial charge < -0.3 is 14.4 Å². The van der Waals surface area contributed by atoms with Gasteiger partial charge in [-0.15, -0.1) is 0 Å². The fourth-order valence-electron chi connectivity index (χ4n) is 2.68. The van der Waals surface area contributed by atoms with Crippen LogP contribution in [0.15, 0.2) is 24.3 Å². The summed E-state index contributed by atoms with van der Waals surface area (Å²) in [6.07, 6.45) is 5.81. The second-order valence-electron chi connectivity index (χ2n) is 5.48. The molecule has 0 bridgehead atoms. The average molecular weight is 273 g/mol. The maximum atomic E-state index is 12.1. The summed E-state index contributed by atoms with van der Waals surface area (Å²) in [6, 6.07) is 5.69. The molecule has 0 spiro atoms. The number of amides is 1. The molecule has 0 N–H and O–H groups in total. The number of nitrogens with zero attached hydrogens (tertiary/aromatic N) is 1. The summed E-state index contributed by atoms with van der Waals surface area (Å²) in [7, 11) is 0. The maximum absolute atomic E-state index is 12.1. The Bertz CT molecular complexity index is 539. The Morgan fingerprint density at radius 1 is 1.35 bits per heavy atom. The van der Waals surface area contributed by atoms with Crippen molar-refractivity contribution in [3.8, 4) is 11.5 Å². The number of benzene rings is 1. The van der Waals surface area contributed by atoms with Gasteiger partial charge in [-0.25, -0.2) is 0 Å². The molecule has 4 nitrogen and oxygen atoms in total. The summed E-state index contributed by atoms with van der Waals surface area (Å²) in [4.78, 5) is 14.1. The highest BCUT2D eigenvalue weighted by molar-refractivity contribution is 5.92. The van der Waals surface area contributed by atoms with Crippen LogP contribution in [0.4, 0.5) is 0 Å². The minimum absolute atomic E-state index is 0.0919. The van der Waals surface area contributed by atoms with Crippen molar-refractivity contribution in [2.75, 3.05) is 19.9 Å². The minimum atomic E-state index is 0.0919. The molecule has 0 saturated carbocycles. The summed E-state index contributed by atoms with van der Waals surface area (Å²) in [5.74, 6) is 2.20. The number of fused-ring (bicyclic) bond motifs is 1. The molecule has 2 aliphatic heterocycles. The zero-order chi connectivity index (χ0) is 13.9. The highest BCUT2D eigenvalue weighted by Crippen LogP contribution is 2.32. The number of ether oxygens (including phenoxy) is 2. The fourth-order valence-corrected chi connectivity index (χ4v) is 2.68. The summed E-state index contributed by atoms with van der Waals surface area (Å²) < 4.78 is 10.6. The van der Waals surface area contributed by atoms with E-state index in [1.165, 1.54) is 6.42 Å². The second kappa shape index (κ2) is 5.57. The third-order valence-electron chi connectivity index (χ3n) is 3.78. The lowest BCUT2D eigenvalue weighted by molar-refractivity contribution is -0.127. The number of hydrogen-bond acceptors (Lipinski definition) is 3. The molecule has 0 radical (unpaired) electrons. The van der Waals surface area contributed by atoms with E-state index in [1.807, 2.05) is 29.2 Å². The van der Waals surface area contributed by atoms with E-state index in [2.05, 4.69) is 6.92 Å². The highest BCUT2D eigenvalue weighted by Gasteiger charge is 2.19. The maximum Gasteiger partial charge on any atom is 0.246 e. The first-order valence-corrected chi connectivity index (χ1v) is 7.09. The molecular weight excluding hydrogens is 254 g/mol. The van der Waals surface area contributed by atoms with E-state index in [0.29, 0.717) is 5.92 Å². The molecule has 1 fully saturated rings. The lowest BCUT2D eigenvalue weighted by Crippen LogP contribution is -2.38. The zero-order valence-corrected chi connectivity index (χ0v) is 11.7. The van der Waals surface area contributed by atoms with Crippen LogP contribution in [0.5, 0.6) is 11.5 Å². The lowest BCUT2D eigenvalue weighted by Gasteiger charge is -2.30. The van der Waals surface area contributed by atoms with Crippen LogP contribution >= 0.6 is 0 Å². The van der Waals surface area contributed by atoms with Crippen LogP contribution in [0.25, 0.3) is 6.08 Å². The second-order valence-corrected chi connectivity index (χ2v) is 5.48. The number of hydrogen-bond donors (Lipinski definition) is 0. The smallest absolute Gasteiger partial charge is 0.246 e. The van der Waals surface area contributed by atoms with Crippen LogP contribution in [0.3, 0.4) is 0 Å². The largest absolute Gasteiger partial charge is 0.454 e. The van der Waals surface area contributed by atoms with E-state index in [-0.39, 0.29) is 12.7 Å². The standard InChI is InChI=1S/C16H19NO3/c1-12-3-2-8-17(10-12)16(18)7-5-13-4-6-14-15(9-13)20-11-19-14/h4-7,9,12H,2-3,8,10-11H2,1H3/b7-5+/t12-/m0/s1. The first-order chi connectivity index (χ1) is 9.72. The Morgan fingerprint density at radius 3 is 3.05 bits per heavy atom. The average Bonchev–Trinajstić information content (AvgIpc) is 2.92. The van der Waals surface area contributed by atoms with Crippen molar-refractivity contribution in [2.24, 2.45) is 5.92 Å². The summed E-state index contributed by atoms with van der Waals surface area (Å²) in [5, 5.41) is 0. The zero-order valence-electron chi connectivity index (χ0n) is 11.7. The Hall–Kier alpha value is -1.97. The van der Waals surface area contributed by atoms with Crippen molar-refractivity contribution < 1.29 is 14.3 Å². The van der Waals surface area contributed by atoms with Gasteiger partial charge in [0.15, 0.2) is 11.5 Å². The van der Waals surface area contributed by atoms with Crippen molar-refractivity contribution in [3.05, 3.63) is 29.8 Å². The molecule has 4 heteroatoms. The lowest BCUT2D eigenvalue weighted by atomic mass is 10.0. The van der Waals surface area contributed by atoms with Gasteiger partial charge in [0.25, 0.3) is 0 Å². The van der Waals surface area contributed by atoms with Crippen molar-refractivity contribution in [2.45, 2.75) is 19.8 Å². The van der Waals surface area contributed by atoms with Gasteiger partial charge in [-0.05, 0) is 42.5 Å². The molecule has 0 aliphatic carbocycles. The number of carbonyl (C=O) groups excluding carboxylic acids is 1. The van der Waals surface area contributed by atoms with Gasteiger partial charge in [-0.2, -0.15) is 0 Å². The molecule has 1 aromatic carbocycles. The van der Waals surface area contributed by atoms with Gasteiger partial charge in [0, 0.05) is 19.2 Å². The normalized spacial score (nSPS) is 21.4. The Kier molecular flexibility index (Phi) is 3.63. The van der Waals surface area contributed by atoms with E-state index in [9.17, 15) is 4.79 Å². The topological polar surface area (TPSA) is 38.8 Å². The minimum Gasteiger partial charge on any atom is -0.454 e. The molecular formula is C16H19NO3. The van der Waals surface area contributed by atoms with Crippen LogP contribution in [0, 0.1) is 5.92 Å². The van der Waals surface area contributed by atoms with Gasteiger partial charge in [0.1, 0.15) is 0 Å². The monoisotopic (exact) mass is 273 g/mol. The highest BCUT2D eigenvalue weighted by atomic mass is 16.7. The number of carbonyl (C=O) groups is 1. The Labute approximate surface area is 119 Å². The summed E-state index contributed by atoms with van der Waals surface area (Å²) in [5.41, 5.74) is 0.952. The van der Waals surface area contributed by atoms with Gasteiger partial charge in [-0.1, -0.05) is 13.0 Å².